The quantitative estimate of drug-likeness (QED) is 0.569. The monoisotopic (exact) mass is 328 g/mol. The van der Waals surface area contributed by atoms with Gasteiger partial charge in [0.1, 0.15) is 0 Å². The standard InChI is InChI=1S/C21H16N2O2/c24-20(11-6-16-4-2-1-3-5-16)23-19-9-7-17(8-10-19)21(25)18-12-14-22-15-13-18/h1-15H,(H,23,24)/b11-6+. The molecule has 2 aromatic carbocycles. The van der Waals surface area contributed by atoms with Gasteiger partial charge in [-0.3, -0.25) is 14.6 Å². The van der Waals surface area contributed by atoms with Crippen molar-refractivity contribution in [3.05, 3.63) is 102 Å². The molecule has 1 amide bonds. The van der Waals surface area contributed by atoms with Crippen LogP contribution < -0.4 is 5.32 Å². The van der Waals surface area contributed by atoms with Crippen LogP contribution >= 0.6 is 0 Å². The molecule has 1 aromatic heterocycles. The minimum atomic E-state index is -0.225. The fourth-order valence-corrected chi connectivity index (χ4v) is 2.29. The third kappa shape index (κ3) is 4.48. The van der Waals surface area contributed by atoms with Gasteiger partial charge in [-0.05, 0) is 48.0 Å². The first kappa shape index (κ1) is 16.3. The third-order valence-electron chi connectivity index (χ3n) is 3.58. The van der Waals surface area contributed by atoms with E-state index in [1.807, 2.05) is 30.3 Å². The number of amides is 1. The van der Waals surface area contributed by atoms with Crippen molar-refractivity contribution >= 4 is 23.5 Å². The zero-order chi connectivity index (χ0) is 17.5. The molecule has 0 saturated heterocycles. The second-order valence-corrected chi connectivity index (χ2v) is 5.38. The van der Waals surface area contributed by atoms with E-state index in [2.05, 4.69) is 10.3 Å². The fraction of sp³-hybridized carbons (Fsp3) is 0. The smallest absolute Gasteiger partial charge is 0.248 e. The van der Waals surface area contributed by atoms with Crippen LogP contribution in [0.2, 0.25) is 0 Å². The summed E-state index contributed by atoms with van der Waals surface area (Å²) in [6.45, 7) is 0. The van der Waals surface area contributed by atoms with Crippen molar-refractivity contribution in [2.45, 2.75) is 0 Å². The average molecular weight is 328 g/mol. The summed E-state index contributed by atoms with van der Waals surface area (Å²) in [4.78, 5) is 28.2. The maximum absolute atomic E-state index is 12.3. The van der Waals surface area contributed by atoms with Crippen molar-refractivity contribution in [3.63, 3.8) is 0 Å². The van der Waals surface area contributed by atoms with E-state index in [0.29, 0.717) is 16.8 Å². The largest absolute Gasteiger partial charge is 0.323 e. The molecule has 1 heterocycles. The summed E-state index contributed by atoms with van der Waals surface area (Å²) in [5, 5.41) is 2.77. The van der Waals surface area contributed by atoms with E-state index in [1.54, 1.807) is 54.9 Å². The maximum Gasteiger partial charge on any atom is 0.248 e. The molecule has 122 valence electrons. The predicted octanol–water partition coefficient (Wildman–Crippen LogP) is 3.96. The van der Waals surface area contributed by atoms with Crippen LogP contribution in [0.1, 0.15) is 21.5 Å². The Kier molecular flexibility index (Phi) is 5.12. The molecule has 0 unspecified atom stereocenters. The zero-order valence-electron chi connectivity index (χ0n) is 13.4. The lowest BCUT2D eigenvalue weighted by atomic mass is 10.0. The maximum atomic E-state index is 12.3. The number of carbonyl (C=O) groups excluding carboxylic acids is 2. The Balaban J connectivity index is 1.64. The second kappa shape index (κ2) is 7.84. The molecule has 4 heteroatoms. The predicted molar refractivity (Wildman–Crippen MR) is 98.2 cm³/mol. The molecule has 4 nitrogen and oxygen atoms in total. The second-order valence-electron chi connectivity index (χ2n) is 5.38. The zero-order valence-corrected chi connectivity index (χ0v) is 13.4. The van der Waals surface area contributed by atoms with Crippen molar-refractivity contribution in [3.8, 4) is 0 Å². The lowest BCUT2D eigenvalue weighted by molar-refractivity contribution is -0.111. The van der Waals surface area contributed by atoms with Gasteiger partial charge in [0.25, 0.3) is 0 Å². The summed E-state index contributed by atoms with van der Waals surface area (Å²) in [5.74, 6) is -0.304. The van der Waals surface area contributed by atoms with E-state index in [-0.39, 0.29) is 11.7 Å². The molecule has 0 atom stereocenters. The molecular weight excluding hydrogens is 312 g/mol. The van der Waals surface area contributed by atoms with Crippen LogP contribution in [0.5, 0.6) is 0 Å². The molecule has 25 heavy (non-hydrogen) atoms. The van der Waals surface area contributed by atoms with Gasteiger partial charge < -0.3 is 5.32 Å². The van der Waals surface area contributed by atoms with Crippen LogP contribution in [0.15, 0.2) is 85.2 Å². The summed E-state index contributed by atoms with van der Waals surface area (Å²) in [6.07, 6.45) is 6.39. The number of anilines is 1. The Hall–Kier alpha value is -3.53. The van der Waals surface area contributed by atoms with Crippen LogP contribution in [-0.4, -0.2) is 16.7 Å². The lowest BCUT2D eigenvalue weighted by Crippen LogP contribution is -2.08. The summed E-state index contributed by atoms with van der Waals surface area (Å²) in [5.41, 5.74) is 2.73. The summed E-state index contributed by atoms with van der Waals surface area (Å²) in [7, 11) is 0. The molecule has 0 aliphatic heterocycles. The molecule has 0 saturated carbocycles. The fourth-order valence-electron chi connectivity index (χ4n) is 2.29. The Morgan fingerprint density at radius 3 is 2.12 bits per heavy atom. The first-order valence-corrected chi connectivity index (χ1v) is 7.81. The summed E-state index contributed by atoms with van der Waals surface area (Å²) in [6, 6.07) is 19.7. The molecule has 0 aliphatic carbocycles. The Labute approximate surface area is 145 Å². The minimum absolute atomic E-state index is 0.0794. The van der Waals surface area contributed by atoms with Gasteiger partial charge in [0.2, 0.25) is 5.91 Å². The van der Waals surface area contributed by atoms with Crippen molar-refractivity contribution in [1.82, 2.24) is 4.98 Å². The summed E-state index contributed by atoms with van der Waals surface area (Å²) < 4.78 is 0. The van der Waals surface area contributed by atoms with E-state index in [4.69, 9.17) is 0 Å². The Morgan fingerprint density at radius 1 is 0.800 bits per heavy atom. The molecular formula is C21H16N2O2. The highest BCUT2D eigenvalue weighted by molar-refractivity contribution is 6.09. The van der Waals surface area contributed by atoms with Gasteiger partial charge in [-0.2, -0.15) is 0 Å². The topological polar surface area (TPSA) is 59.1 Å². The molecule has 0 radical (unpaired) electrons. The van der Waals surface area contributed by atoms with Gasteiger partial charge in [-0.1, -0.05) is 30.3 Å². The molecule has 3 aromatic rings. The Morgan fingerprint density at radius 2 is 1.44 bits per heavy atom. The number of pyridine rings is 1. The number of rotatable bonds is 5. The van der Waals surface area contributed by atoms with E-state index in [9.17, 15) is 9.59 Å². The van der Waals surface area contributed by atoms with Gasteiger partial charge in [-0.25, -0.2) is 0 Å². The minimum Gasteiger partial charge on any atom is -0.323 e. The molecule has 0 spiro atoms. The number of nitrogens with zero attached hydrogens (tertiary/aromatic N) is 1. The van der Waals surface area contributed by atoms with Crippen molar-refractivity contribution in [2.75, 3.05) is 5.32 Å². The molecule has 1 N–H and O–H groups in total. The van der Waals surface area contributed by atoms with E-state index >= 15 is 0 Å². The molecule has 3 rings (SSSR count). The first-order valence-electron chi connectivity index (χ1n) is 7.81. The van der Waals surface area contributed by atoms with Gasteiger partial charge in [-0.15, -0.1) is 0 Å². The molecule has 0 fully saturated rings. The lowest BCUT2D eigenvalue weighted by Gasteiger charge is -2.04. The van der Waals surface area contributed by atoms with E-state index < -0.39 is 0 Å². The van der Waals surface area contributed by atoms with Crippen LogP contribution in [0, 0.1) is 0 Å². The van der Waals surface area contributed by atoms with Gasteiger partial charge >= 0.3 is 0 Å². The number of ketones is 1. The van der Waals surface area contributed by atoms with Crippen LogP contribution in [-0.2, 0) is 4.79 Å². The first-order chi connectivity index (χ1) is 12.2. The van der Waals surface area contributed by atoms with Crippen LogP contribution in [0.4, 0.5) is 5.69 Å². The van der Waals surface area contributed by atoms with Crippen LogP contribution in [0.3, 0.4) is 0 Å². The molecule has 0 aliphatic rings. The highest BCUT2D eigenvalue weighted by Crippen LogP contribution is 2.13. The number of hydrogen-bond donors (Lipinski definition) is 1. The van der Waals surface area contributed by atoms with Gasteiger partial charge in [0.05, 0.1) is 0 Å². The normalized spacial score (nSPS) is 10.6. The number of carbonyl (C=O) groups is 2. The third-order valence-corrected chi connectivity index (χ3v) is 3.58. The van der Waals surface area contributed by atoms with Gasteiger partial charge in [0.15, 0.2) is 5.78 Å². The number of nitrogens with one attached hydrogen (secondary N) is 1. The van der Waals surface area contributed by atoms with Crippen LogP contribution in [0.25, 0.3) is 6.08 Å². The van der Waals surface area contributed by atoms with Crippen molar-refractivity contribution in [1.29, 1.82) is 0 Å². The van der Waals surface area contributed by atoms with Crippen molar-refractivity contribution < 1.29 is 9.59 Å². The molecule has 0 bridgehead atoms. The van der Waals surface area contributed by atoms with E-state index in [1.165, 1.54) is 6.08 Å². The number of hydrogen-bond acceptors (Lipinski definition) is 3. The number of aromatic nitrogens is 1. The van der Waals surface area contributed by atoms with E-state index in [0.717, 1.165) is 5.56 Å². The number of benzene rings is 2. The average Bonchev–Trinajstić information content (AvgIpc) is 2.68. The summed E-state index contributed by atoms with van der Waals surface area (Å²) >= 11 is 0. The highest BCUT2D eigenvalue weighted by atomic mass is 16.1. The van der Waals surface area contributed by atoms with Gasteiger partial charge in [0, 0.05) is 35.3 Å². The SMILES string of the molecule is O=C(/C=C/c1ccccc1)Nc1ccc(C(=O)c2ccncc2)cc1. The van der Waals surface area contributed by atoms with Crippen molar-refractivity contribution in [2.24, 2.45) is 0 Å². The Bertz CT molecular complexity index is 886. The highest BCUT2D eigenvalue weighted by Gasteiger charge is 2.08.